The first-order valence-corrected chi connectivity index (χ1v) is 9.06. The molecule has 1 aliphatic heterocycles. The molecule has 0 aliphatic carbocycles. The molecule has 0 radical (unpaired) electrons. The Hall–Kier alpha value is -2.34. The highest BCUT2D eigenvalue weighted by Gasteiger charge is 2.35. The van der Waals surface area contributed by atoms with E-state index in [-0.39, 0.29) is 31.0 Å². The molecule has 0 aromatic rings. The van der Waals surface area contributed by atoms with E-state index in [0.29, 0.717) is 19.4 Å². The van der Waals surface area contributed by atoms with Crippen molar-refractivity contribution in [3.8, 4) is 0 Å². The topological polar surface area (TPSA) is 185 Å². The Bertz CT molecular complexity index is 601. The van der Waals surface area contributed by atoms with Gasteiger partial charge in [0.2, 0.25) is 23.6 Å². The highest BCUT2D eigenvalue weighted by atomic mass is 32.1. The average Bonchev–Trinajstić information content (AvgIpc) is 3.11. The Morgan fingerprint density at radius 3 is 2.37 bits per heavy atom. The highest BCUT2D eigenvalue weighted by Crippen LogP contribution is 2.17. The molecule has 1 fully saturated rings. The quantitative estimate of drug-likeness (QED) is 0.212. The Morgan fingerprint density at radius 2 is 1.85 bits per heavy atom. The van der Waals surface area contributed by atoms with Crippen molar-refractivity contribution in [3.05, 3.63) is 0 Å². The van der Waals surface area contributed by atoms with E-state index in [1.807, 2.05) is 0 Å². The molecule has 0 aromatic carbocycles. The maximum Gasteiger partial charge on any atom is 0.326 e. The Labute approximate surface area is 161 Å². The van der Waals surface area contributed by atoms with Crippen molar-refractivity contribution in [3.63, 3.8) is 0 Å². The molecule has 1 rings (SSSR count). The molecule has 4 amide bonds. The van der Waals surface area contributed by atoms with Crippen LogP contribution in [0.2, 0.25) is 0 Å². The van der Waals surface area contributed by atoms with E-state index in [2.05, 4.69) is 23.3 Å². The van der Waals surface area contributed by atoms with Crippen LogP contribution in [0.15, 0.2) is 0 Å². The van der Waals surface area contributed by atoms with Crippen LogP contribution in [-0.2, 0) is 24.0 Å². The highest BCUT2D eigenvalue weighted by molar-refractivity contribution is 7.80. The first-order chi connectivity index (χ1) is 12.7. The Balaban J connectivity index is 2.71. The van der Waals surface area contributed by atoms with Gasteiger partial charge in [-0.1, -0.05) is 0 Å². The molecule has 0 aromatic heterocycles. The zero-order chi connectivity index (χ0) is 20.6. The van der Waals surface area contributed by atoms with Gasteiger partial charge < -0.3 is 32.1 Å². The fourth-order valence-electron chi connectivity index (χ4n) is 2.73. The molecule has 152 valence electrons. The summed E-state index contributed by atoms with van der Waals surface area (Å²) < 4.78 is 0. The summed E-state index contributed by atoms with van der Waals surface area (Å²) in [6.45, 7) is 0.181. The van der Waals surface area contributed by atoms with E-state index < -0.39 is 41.8 Å². The second-order valence-electron chi connectivity index (χ2n) is 6.10. The number of aliphatic carboxylic acids is 1. The number of thiol groups is 1. The predicted molar refractivity (Wildman–Crippen MR) is 97.6 cm³/mol. The SMILES string of the molecule is NCC(=O)N1CCCC1C(=O)NC(CS)C(=O)NC(CCC(N)=O)C(=O)O. The van der Waals surface area contributed by atoms with Crippen molar-refractivity contribution in [1.82, 2.24) is 15.5 Å². The first kappa shape index (κ1) is 22.7. The number of nitrogens with two attached hydrogens (primary N) is 2. The Kier molecular flexibility index (Phi) is 9.02. The molecule has 1 saturated heterocycles. The molecular weight excluding hydrogens is 378 g/mol. The number of carboxylic acids is 1. The van der Waals surface area contributed by atoms with Gasteiger partial charge in [0.15, 0.2) is 0 Å². The molecular formula is C15H25N5O6S. The molecule has 3 unspecified atom stereocenters. The van der Waals surface area contributed by atoms with Crippen LogP contribution in [0.1, 0.15) is 25.7 Å². The number of nitrogens with one attached hydrogen (secondary N) is 2. The van der Waals surface area contributed by atoms with Gasteiger partial charge in [0, 0.05) is 18.7 Å². The predicted octanol–water partition coefficient (Wildman–Crippen LogP) is -2.81. The number of hydrogen-bond acceptors (Lipinski definition) is 7. The number of primary amides is 1. The molecule has 1 heterocycles. The van der Waals surface area contributed by atoms with Gasteiger partial charge in [-0.3, -0.25) is 19.2 Å². The summed E-state index contributed by atoms with van der Waals surface area (Å²) in [7, 11) is 0. The molecule has 0 bridgehead atoms. The number of nitrogens with zero attached hydrogens (tertiary/aromatic N) is 1. The van der Waals surface area contributed by atoms with Crippen molar-refractivity contribution in [2.45, 2.75) is 43.8 Å². The van der Waals surface area contributed by atoms with Crippen molar-refractivity contribution in [2.75, 3.05) is 18.8 Å². The summed E-state index contributed by atoms with van der Waals surface area (Å²) in [6.07, 6.45) is 0.684. The third kappa shape index (κ3) is 6.71. The minimum atomic E-state index is -1.33. The van der Waals surface area contributed by atoms with Crippen LogP contribution in [0.3, 0.4) is 0 Å². The first-order valence-electron chi connectivity index (χ1n) is 8.43. The van der Waals surface area contributed by atoms with Gasteiger partial charge in [0.05, 0.1) is 6.54 Å². The molecule has 3 atom stereocenters. The lowest BCUT2D eigenvalue weighted by Gasteiger charge is -2.26. The summed E-state index contributed by atoms with van der Waals surface area (Å²) in [5.74, 6) is -3.77. The van der Waals surface area contributed by atoms with Crippen molar-refractivity contribution >= 4 is 42.2 Å². The maximum atomic E-state index is 12.4. The van der Waals surface area contributed by atoms with Crippen LogP contribution in [0.5, 0.6) is 0 Å². The van der Waals surface area contributed by atoms with E-state index in [1.165, 1.54) is 4.90 Å². The number of hydrogen-bond donors (Lipinski definition) is 6. The van der Waals surface area contributed by atoms with Gasteiger partial charge in [-0.2, -0.15) is 12.6 Å². The van der Waals surface area contributed by atoms with Gasteiger partial charge in [-0.25, -0.2) is 4.79 Å². The summed E-state index contributed by atoms with van der Waals surface area (Å²) in [5.41, 5.74) is 10.3. The van der Waals surface area contributed by atoms with E-state index in [0.717, 1.165) is 0 Å². The summed E-state index contributed by atoms with van der Waals surface area (Å²) in [6, 6.07) is -3.17. The number of carbonyl (C=O) groups is 5. The number of carbonyl (C=O) groups excluding carboxylic acids is 4. The summed E-state index contributed by atoms with van der Waals surface area (Å²) in [4.78, 5) is 59.9. The van der Waals surface area contributed by atoms with E-state index >= 15 is 0 Å². The second-order valence-corrected chi connectivity index (χ2v) is 6.46. The largest absolute Gasteiger partial charge is 0.480 e. The van der Waals surface area contributed by atoms with Gasteiger partial charge in [0.25, 0.3) is 0 Å². The zero-order valence-electron chi connectivity index (χ0n) is 14.7. The molecule has 1 aliphatic rings. The molecule has 12 heteroatoms. The van der Waals surface area contributed by atoms with Crippen LogP contribution < -0.4 is 22.1 Å². The maximum absolute atomic E-state index is 12.4. The average molecular weight is 403 g/mol. The van der Waals surface area contributed by atoms with Gasteiger partial charge >= 0.3 is 5.97 Å². The second kappa shape index (κ2) is 10.7. The van der Waals surface area contributed by atoms with Gasteiger partial charge in [-0.05, 0) is 19.3 Å². The van der Waals surface area contributed by atoms with Gasteiger partial charge in [0.1, 0.15) is 18.1 Å². The summed E-state index contributed by atoms with van der Waals surface area (Å²) in [5, 5.41) is 13.9. The van der Waals surface area contributed by atoms with Crippen molar-refractivity contribution < 1.29 is 29.1 Å². The number of rotatable bonds is 10. The lowest BCUT2D eigenvalue weighted by molar-refractivity contribution is -0.143. The number of carboxylic acid groups (broad SMARTS) is 1. The minimum Gasteiger partial charge on any atom is -0.480 e. The van der Waals surface area contributed by atoms with Crippen LogP contribution in [0, 0.1) is 0 Å². The van der Waals surface area contributed by atoms with Crippen molar-refractivity contribution in [1.29, 1.82) is 0 Å². The third-order valence-electron chi connectivity index (χ3n) is 4.16. The van der Waals surface area contributed by atoms with Crippen LogP contribution >= 0.6 is 12.6 Å². The number of likely N-dealkylation sites (tertiary alicyclic amines) is 1. The number of amides is 4. The van der Waals surface area contributed by atoms with E-state index in [4.69, 9.17) is 16.6 Å². The van der Waals surface area contributed by atoms with Crippen LogP contribution in [0.4, 0.5) is 0 Å². The molecule has 0 saturated carbocycles. The standard InChI is InChI=1S/C15H25N5O6S/c16-6-12(22)20-5-1-2-10(20)14(24)19-9(7-27)13(23)18-8(15(25)26)3-4-11(17)21/h8-10,27H,1-7,16H2,(H2,17,21)(H,18,23)(H,19,24)(H,25,26). The normalized spacial score (nSPS) is 18.4. The summed E-state index contributed by atoms with van der Waals surface area (Å²) >= 11 is 4.02. The van der Waals surface area contributed by atoms with Crippen LogP contribution in [-0.4, -0.2) is 76.6 Å². The van der Waals surface area contributed by atoms with E-state index in [1.54, 1.807) is 0 Å². The fraction of sp³-hybridized carbons (Fsp3) is 0.667. The van der Waals surface area contributed by atoms with Crippen LogP contribution in [0.25, 0.3) is 0 Å². The smallest absolute Gasteiger partial charge is 0.326 e. The lowest BCUT2D eigenvalue weighted by Crippen LogP contribution is -2.56. The monoisotopic (exact) mass is 403 g/mol. The fourth-order valence-corrected chi connectivity index (χ4v) is 2.99. The van der Waals surface area contributed by atoms with E-state index in [9.17, 15) is 24.0 Å². The molecule has 0 spiro atoms. The minimum absolute atomic E-state index is 0.0860. The lowest BCUT2D eigenvalue weighted by atomic mass is 10.1. The molecule has 11 nitrogen and oxygen atoms in total. The van der Waals surface area contributed by atoms with Crippen molar-refractivity contribution in [2.24, 2.45) is 11.5 Å². The molecule has 27 heavy (non-hydrogen) atoms. The zero-order valence-corrected chi connectivity index (χ0v) is 15.6. The third-order valence-corrected chi connectivity index (χ3v) is 4.53. The molecule has 7 N–H and O–H groups in total. The Morgan fingerprint density at radius 1 is 1.19 bits per heavy atom. The van der Waals surface area contributed by atoms with Gasteiger partial charge in [-0.15, -0.1) is 0 Å².